The summed E-state index contributed by atoms with van der Waals surface area (Å²) in [4.78, 5) is 10.5. The molecule has 0 aliphatic rings. The Kier molecular flexibility index (Phi) is 8.38. The van der Waals surface area contributed by atoms with Crippen LogP contribution in [0, 0.1) is 5.92 Å². The number of rotatable bonds is 9. The fourth-order valence-corrected chi connectivity index (χ4v) is 1.91. The number of unbranched alkanes of at least 4 members (excludes halogenated alkanes) is 2. The van der Waals surface area contributed by atoms with E-state index < -0.39 is 5.97 Å². The van der Waals surface area contributed by atoms with Gasteiger partial charge in [-0.25, -0.2) is 0 Å². The zero-order chi connectivity index (χ0) is 11.7. The SMILES string of the molecule is CCCCCC(CC)CC(N)CC(=O)O. The first-order valence-electron chi connectivity index (χ1n) is 6.07. The van der Waals surface area contributed by atoms with Gasteiger partial charge in [0.1, 0.15) is 0 Å². The molecule has 0 aliphatic heterocycles. The average Bonchev–Trinajstić information content (AvgIpc) is 2.15. The van der Waals surface area contributed by atoms with Gasteiger partial charge in [-0.1, -0.05) is 46.0 Å². The topological polar surface area (TPSA) is 63.3 Å². The molecule has 0 aliphatic carbocycles. The van der Waals surface area contributed by atoms with Crippen LogP contribution in [-0.4, -0.2) is 17.1 Å². The molecule has 0 saturated carbocycles. The van der Waals surface area contributed by atoms with Crippen LogP contribution in [0.5, 0.6) is 0 Å². The summed E-state index contributed by atoms with van der Waals surface area (Å²) in [6.07, 6.45) is 7.00. The van der Waals surface area contributed by atoms with Gasteiger partial charge in [0.15, 0.2) is 0 Å². The molecule has 0 radical (unpaired) electrons. The van der Waals surface area contributed by atoms with E-state index in [-0.39, 0.29) is 12.5 Å². The van der Waals surface area contributed by atoms with E-state index in [1.165, 1.54) is 25.7 Å². The normalized spacial score (nSPS) is 14.9. The number of hydrogen-bond donors (Lipinski definition) is 2. The summed E-state index contributed by atoms with van der Waals surface area (Å²) >= 11 is 0. The number of hydrogen-bond acceptors (Lipinski definition) is 2. The van der Waals surface area contributed by atoms with Crippen molar-refractivity contribution in [2.45, 2.75) is 64.8 Å². The fraction of sp³-hybridized carbons (Fsp3) is 0.917. The molecule has 3 heteroatoms. The van der Waals surface area contributed by atoms with Crippen LogP contribution in [0.3, 0.4) is 0 Å². The highest BCUT2D eigenvalue weighted by Crippen LogP contribution is 2.19. The van der Waals surface area contributed by atoms with Gasteiger partial charge in [-0.05, 0) is 12.3 Å². The molecule has 3 nitrogen and oxygen atoms in total. The lowest BCUT2D eigenvalue weighted by Gasteiger charge is -2.18. The van der Waals surface area contributed by atoms with Gasteiger partial charge in [-0.3, -0.25) is 4.79 Å². The lowest BCUT2D eigenvalue weighted by molar-refractivity contribution is -0.137. The van der Waals surface area contributed by atoms with Crippen LogP contribution in [0.1, 0.15) is 58.8 Å². The predicted molar refractivity (Wildman–Crippen MR) is 62.8 cm³/mol. The second-order valence-electron chi connectivity index (χ2n) is 4.36. The molecule has 15 heavy (non-hydrogen) atoms. The zero-order valence-corrected chi connectivity index (χ0v) is 10.0. The van der Waals surface area contributed by atoms with Gasteiger partial charge < -0.3 is 10.8 Å². The van der Waals surface area contributed by atoms with Gasteiger partial charge in [0.05, 0.1) is 6.42 Å². The van der Waals surface area contributed by atoms with Crippen molar-refractivity contribution in [1.82, 2.24) is 0 Å². The Hall–Kier alpha value is -0.570. The van der Waals surface area contributed by atoms with E-state index in [1.54, 1.807) is 0 Å². The van der Waals surface area contributed by atoms with Crippen molar-refractivity contribution < 1.29 is 9.90 Å². The second kappa shape index (κ2) is 8.72. The summed E-state index contributed by atoms with van der Waals surface area (Å²) in [6, 6.07) is -0.172. The Morgan fingerprint density at radius 1 is 1.33 bits per heavy atom. The first-order chi connectivity index (χ1) is 7.10. The van der Waals surface area contributed by atoms with Crippen LogP contribution in [0.2, 0.25) is 0 Å². The molecule has 0 aromatic rings. The van der Waals surface area contributed by atoms with E-state index in [4.69, 9.17) is 10.8 Å². The first-order valence-corrected chi connectivity index (χ1v) is 6.07. The first kappa shape index (κ1) is 14.4. The van der Waals surface area contributed by atoms with E-state index in [0.717, 1.165) is 12.8 Å². The number of nitrogens with two attached hydrogens (primary N) is 1. The van der Waals surface area contributed by atoms with Gasteiger partial charge in [0.25, 0.3) is 0 Å². The molecule has 2 atom stereocenters. The molecule has 0 aromatic heterocycles. The molecule has 0 spiro atoms. The molecular weight excluding hydrogens is 190 g/mol. The molecule has 2 unspecified atom stereocenters. The molecule has 0 fully saturated rings. The van der Waals surface area contributed by atoms with Crippen molar-refractivity contribution in [2.24, 2.45) is 11.7 Å². The number of aliphatic carboxylic acids is 1. The minimum absolute atomic E-state index is 0.101. The maximum absolute atomic E-state index is 10.5. The molecule has 0 aromatic carbocycles. The molecule has 0 saturated heterocycles. The largest absolute Gasteiger partial charge is 0.481 e. The molecule has 0 heterocycles. The summed E-state index contributed by atoms with van der Waals surface area (Å²) in [5, 5.41) is 8.60. The van der Waals surface area contributed by atoms with Crippen LogP contribution < -0.4 is 5.73 Å². The number of carboxylic acid groups (broad SMARTS) is 1. The third kappa shape index (κ3) is 8.43. The standard InChI is InChI=1S/C12H25NO2/c1-3-5-6-7-10(4-2)8-11(13)9-12(14)15/h10-11H,3-9,13H2,1-2H3,(H,14,15). The van der Waals surface area contributed by atoms with Gasteiger partial charge >= 0.3 is 5.97 Å². The molecule has 90 valence electrons. The Morgan fingerprint density at radius 2 is 2.00 bits per heavy atom. The number of carbonyl (C=O) groups is 1. The van der Waals surface area contributed by atoms with Crippen molar-refractivity contribution in [3.8, 4) is 0 Å². The summed E-state index contributed by atoms with van der Waals surface area (Å²) < 4.78 is 0. The van der Waals surface area contributed by atoms with E-state index in [9.17, 15) is 4.79 Å². The van der Waals surface area contributed by atoms with Gasteiger partial charge in [0, 0.05) is 6.04 Å². The molecule has 3 N–H and O–H groups in total. The van der Waals surface area contributed by atoms with Crippen LogP contribution in [-0.2, 0) is 4.79 Å². The highest BCUT2D eigenvalue weighted by Gasteiger charge is 2.14. The monoisotopic (exact) mass is 215 g/mol. The van der Waals surface area contributed by atoms with Crippen molar-refractivity contribution >= 4 is 5.97 Å². The third-order valence-electron chi connectivity index (χ3n) is 2.87. The van der Waals surface area contributed by atoms with Gasteiger partial charge in [-0.2, -0.15) is 0 Å². The highest BCUT2D eigenvalue weighted by molar-refractivity contribution is 5.67. The quantitative estimate of drug-likeness (QED) is 0.581. The van der Waals surface area contributed by atoms with Crippen LogP contribution in [0.25, 0.3) is 0 Å². The molecule has 0 rings (SSSR count). The Morgan fingerprint density at radius 3 is 2.47 bits per heavy atom. The minimum Gasteiger partial charge on any atom is -0.481 e. The van der Waals surface area contributed by atoms with Crippen molar-refractivity contribution in [1.29, 1.82) is 0 Å². The van der Waals surface area contributed by atoms with Gasteiger partial charge in [0.2, 0.25) is 0 Å². The van der Waals surface area contributed by atoms with Crippen molar-refractivity contribution in [3.05, 3.63) is 0 Å². The summed E-state index contributed by atoms with van der Waals surface area (Å²) in [5.41, 5.74) is 5.77. The molecular formula is C12H25NO2. The summed E-state index contributed by atoms with van der Waals surface area (Å²) in [5.74, 6) is -0.184. The Balaban J connectivity index is 3.71. The Bertz CT molecular complexity index is 171. The van der Waals surface area contributed by atoms with E-state index >= 15 is 0 Å². The lowest BCUT2D eigenvalue weighted by Crippen LogP contribution is -2.26. The third-order valence-corrected chi connectivity index (χ3v) is 2.87. The smallest absolute Gasteiger partial charge is 0.304 e. The van der Waals surface area contributed by atoms with E-state index in [0.29, 0.717) is 5.92 Å². The molecule has 0 amide bonds. The van der Waals surface area contributed by atoms with Crippen molar-refractivity contribution in [2.75, 3.05) is 0 Å². The Labute approximate surface area is 93.0 Å². The van der Waals surface area contributed by atoms with Gasteiger partial charge in [-0.15, -0.1) is 0 Å². The summed E-state index contributed by atoms with van der Waals surface area (Å²) in [7, 11) is 0. The minimum atomic E-state index is -0.786. The zero-order valence-electron chi connectivity index (χ0n) is 10.0. The predicted octanol–water partition coefficient (Wildman–Crippen LogP) is 2.79. The lowest BCUT2D eigenvalue weighted by atomic mass is 9.91. The van der Waals surface area contributed by atoms with Crippen LogP contribution in [0.4, 0.5) is 0 Å². The molecule has 0 bridgehead atoms. The van der Waals surface area contributed by atoms with E-state index in [1.807, 2.05) is 0 Å². The van der Waals surface area contributed by atoms with E-state index in [2.05, 4.69) is 13.8 Å². The number of carboxylic acids is 1. The van der Waals surface area contributed by atoms with Crippen LogP contribution >= 0.6 is 0 Å². The highest BCUT2D eigenvalue weighted by atomic mass is 16.4. The maximum Gasteiger partial charge on any atom is 0.304 e. The maximum atomic E-state index is 10.5. The fourth-order valence-electron chi connectivity index (χ4n) is 1.91. The van der Waals surface area contributed by atoms with Crippen molar-refractivity contribution in [3.63, 3.8) is 0 Å². The van der Waals surface area contributed by atoms with Crippen LogP contribution in [0.15, 0.2) is 0 Å². The average molecular weight is 215 g/mol. The summed E-state index contributed by atoms with van der Waals surface area (Å²) in [6.45, 7) is 4.35. The second-order valence-corrected chi connectivity index (χ2v) is 4.36.